The van der Waals surface area contributed by atoms with Crippen molar-refractivity contribution in [1.29, 1.82) is 0 Å². The molecule has 24 heavy (non-hydrogen) atoms. The van der Waals surface area contributed by atoms with E-state index in [0.29, 0.717) is 18.1 Å². The van der Waals surface area contributed by atoms with E-state index >= 15 is 0 Å². The molecule has 0 aromatic heterocycles. The predicted octanol–water partition coefficient (Wildman–Crippen LogP) is 4.74. The molecule has 1 aliphatic heterocycles. The molecule has 0 spiro atoms. The normalized spacial score (nSPS) is 18.7. The lowest BCUT2D eigenvalue weighted by Crippen LogP contribution is -2.34. The molecule has 3 rings (SSSR count). The van der Waals surface area contributed by atoms with E-state index in [0.717, 1.165) is 22.3 Å². The number of nitrogens with zero attached hydrogens (tertiary/aromatic N) is 1. The second-order valence-corrected chi connectivity index (χ2v) is 6.18. The quantitative estimate of drug-likeness (QED) is 0.721. The third-order valence-corrected chi connectivity index (χ3v) is 4.18. The first-order valence-corrected chi connectivity index (χ1v) is 7.95. The van der Waals surface area contributed by atoms with Gasteiger partial charge in [0.25, 0.3) is 0 Å². The van der Waals surface area contributed by atoms with Crippen molar-refractivity contribution < 1.29 is 4.79 Å². The molecule has 0 aliphatic carbocycles. The van der Waals surface area contributed by atoms with Gasteiger partial charge in [0.15, 0.2) is 5.78 Å². The Hall–Kier alpha value is -1.87. The minimum Gasteiger partial charge on any atom is -0.298 e. The highest BCUT2D eigenvalue weighted by Crippen LogP contribution is 2.24. The Morgan fingerprint density at radius 2 is 1.50 bits per heavy atom. The first kappa shape index (κ1) is 18.5. The van der Waals surface area contributed by atoms with Crippen LogP contribution in [-0.4, -0.2) is 30.8 Å². The molecule has 2 nitrogen and oxygen atoms in total. The number of halogens is 2. The topological polar surface area (TPSA) is 20.3 Å². The van der Waals surface area contributed by atoms with Gasteiger partial charge < -0.3 is 0 Å². The zero-order chi connectivity index (χ0) is 16.2. The second kappa shape index (κ2) is 8.29. The Morgan fingerprint density at radius 3 is 2.17 bits per heavy atom. The zero-order valence-electron chi connectivity index (χ0n) is 13.4. The van der Waals surface area contributed by atoms with E-state index in [1.54, 1.807) is 0 Å². The molecular formula is C20H19Cl2NO. The van der Waals surface area contributed by atoms with Crippen molar-refractivity contribution in [2.75, 3.05) is 20.1 Å². The molecule has 0 atom stereocenters. The molecule has 1 aliphatic rings. The van der Waals surface area contributed by atoms with Crippen LogP contribution in [0.5, 0.6) is 0 Å². The largest absolute Gasteiger partial charge is 0.298 e. The van der Waals surface area contributed by atoms with Crippen LogP contribution in [0.1, 0.15) is 11.1 Å². The number of Topliss-reactive ketones (excluding diaryl/α,β-unsaturated/α-hetero) is 1. The number of rotatable bonds is 2. The molecule has 0 radical (unpaired) electrons. The molecule has 4 heteroatoms. The van der Waals surface area contributed by atoms with Crippen molar-refractivity contribution in [2.45, 2.75) is 0 Å². The molecule has 0 bridgehead atoms. The Labute approximate surface area is 153 Å². The molecule has 0 saturated carbocycles. The van der Waals surface area contributed by atoms with Crippen molar-refractivity contribution in [1.82, 2.24) is 4.90 Å². The number of carbonyl (C=O) groups excluding carboxylic acids is 1. The van der Waals surface area contributed by atoms with E-state index in [-0.39, 0.29) is 18.2 Å². The molecule has 1 saturated heterocycles. The Balaban J connectivity index is 0.00000208. The highest BCUT2D eigenvalue weighted by atomic mass is 35.5. The Bertz CT molecular complexity index is 781. The van der Waals surface area contributed by atoms with E-state index in [2.05, 4.69) is 4.90 Å². The van der Waals surface area contributed by atoms with E-state index in [9.17, 15) is 4.79 Å². The fraction of sp³-hybridized carbons (Fsp3) is 0.150. The summed E-state index contributed by atoms with van der Waals surface area (Å²) in [5, 5.41) is 0.662. The monoisotopic (exact) mass is 359 g/mol. The molecular weight excluding hydrogens is 341 g/mol. The molecule has 1 heterocycles. The Morgan fingerprint density at radius 1 is 0.917 bits per heavy atom. The summed E-state index contributed by atoms with van der Waals surface area (Å²) in [6.07, 6.45) is 3.87. The van der Waals surface area contributed by atoms with Gasteiger partial charge in [0.05, 0.1) is 0 Å². The Kier molecular flexibility index (Phi) is 6.38. The maximum Gasteiger partial charge on any atom is 0.187 e. The summed E-state index contributed by atoms with van der Waals surface area (Å²) in [7, 11) is 2.02. The van der Waals surface area contributed by atoms with Gasteiger partial charge in [-0.3, -0.25) is 9.69 Å². The van der Waals surface area contributed by atoms with Crippen LogP contribution in [0.25, 0.3) is 12.2 Å². The lowest BCUT2D eigenvalue weighted by Gasteiger charge is -2.26. The smallest absolute Gasteiger partial charge is 0.187 e. The summed E-state index contributed by atoms with van der Waals surface area (Å²) < 4.78 is 0. The summed E-state index contributed by atoms with van der Waals surface area (Å²) in [5.74, 6) is 0.104. The second-order valence-electron chi connectivity index (χ2n) is 5.77. The van der Waals surface area contributed by atoms with E-state index in [1.165, 1.54) is 0 Å². The number of ketones is 1. The number of benzene rings is 2. The van der Waals surface area contributed by atoms with Crippen molar-refractivity contribution in [2.24, 2.45) is 0 Å². The van der Waals surface area contributed by atoms with Gasteiger partial charge >= 0.3 is 0 Å². The van der Waals surface area contributed by atoms with Crippen molar-refractivity contribution in [3.05, 3.63) is 81.9 Å². The van der Waals surface area contributed by atoms with Crippen molar-refractivity contribution in [3.8, 4) is 0 Å². The van der Waals surface area contributed by atoms with Crippen LogP contribution < -0.4 is 0 Å². The van der Waals surface area contributed by atoms with E-state index in [4.69, 9.17) is 11.6 Å². The molecule has 1 fully saturated rings. The summed E-state index contributed by atoms with van der Waals surface area (Å²) in [6, 6.07) is 17.5. The maximum atomic E-state index is 12.8. The van der Waals surface area contributed by atoms with E-state index in [1.807, 2.05) is 73.8 Å². The number of hydrogen-bond donors (Lipinski definition) is 0. The average molecular weight is 360 g/mol. The van der Waals surface area contributed by atoms with E-state index < -0.39 is 0 Å². The molecule has 0 N–H and O–H groups in total. The van der Waals surface area contributed by atoms with Gasteiger partial charge in [-0.2, -0.15) is 0 Å². The third kappa shape index (κ3) is 4.35. The highest BCUT2D eigenvalue weighted by Gasteiger charge is 2.24. The van der Waals surface area contributed by atoms with Gasteiger partial charge in [-0.1, -0.05) is 60.1 Å². The average Bonchev–Trinajstić information content (AvgIpc) is 2.55. The predicted molar refractivity (Wildman–Crippen MR) is 104 cm³/mol. The number of carbonyl (C=O) groups is 1. The van der Waals surface area contributed by atoms with Gasteiger partial charge in [-0.15, -0.1) is 12.4 Å². The lowest BCUT2D eigenvalue weighted by atomic mass is 9.94. The van der Waals surface area contributed by atoms with Crippen molar-refractivity contribution >= 4 is 41.9 Å². The van der Waals surface area contributed by atoms with Gasteiger partial charge in [-0.05, 0) is 36.4 Å². The third-order valence-electron chi connectivity index (χ3n) is 3.84. The maximum absolute atomic E-state index is 12.8. The lowest BCUT2D eigenvalue weighted by molar-refractivity contribution is -0.113. The van der Waals surface area contributed by atoms with Crippen LogP contribution >= 0.6 is 24.0 Å². The van der Waals surface area contributed by atoms with Crippen LogP contribution in [0.4, 0.5) is 0 Å². The van der Waals surface area contributed by atoms with Gasteiger partial charge in [-0.25, -0.2) is 0 Å². The van der Waals surface area contributed by atoms with Crippen LogP contribution in [0.15, 0.2) is 65.7 Å². The standard InChI is InChI=1S/C20H18ClNO.ClH/c1-22-13-17(11-15-7-3-2-4-8-15)20(23)18(14-22)12-16-9-5-6-10-19(16)21;/h2-12H,13-14H2,1H3;1H. The number of likely N-dealkylation sites (tertiary alicyclic amines) is 1. The molecule has 0 amide bonds. The van der Waals surface area contributed by atoms with Crippen LogP contribution in [0, 0.1) is 0 Å². The van der Waals surface area contributed by atoms with Gasteiger partial charge in [0, 0.05) is 29.3 Å². The fourth-order valence-electron chi connectivity index (χ4n) is 2.74. The molecule has 124 valence electrons. The summed E-state index contributed by atoms with van der Waals surface area (Å²) in [4.78, 5) is 14.9. The minimum atomic E-state index is 0. The summed E-state index contributed by atoms with van der Waals surface area (Å²) in [6.45, 7) is 1.30. The highest BCUT2D eigenvalue weighted by molar-refractivity contribution is 6.32. The minimum absolute atomic E-state index is 0. The first-order chi connectivity index (χ1) is 11.1. The van der Waals surface area contributed by atoms with Gasteiger partial charge in [0.2, 0.25) is 0 Å². The SMILES string of the molecule is CN1CC(=Cc2ccccc2)C(=O)C(=Cc2ccccc2Cl)C1.Cl. The van der Waals surface area contributed by atoms with Crippen LogP contribution in [0.2, 0.25) is 5.02 Å². The van der Waals surface area contributed by atoms with Gasteiger partial charge in [0.1, 0.15) is 0 Å². The number of hydrogen-bond acceptors (Lipinski definition) is 2. The van der Waals surface area contributed by atoms with Crippen molar-refractivity contribution in [3.63, 3.8) is 0 Å². The summed E-state index contributed by atoms with van der Waals surface area (Å²) >= 11 is 6.21. The first-order valence-electron chi connectivity index (χ1n) is 7.57. The molecule has 2 aromatic rings. The molecule has 2 aromatic carbocycles. The van der Waals surface area contributed by atoms with Crippen LogP contribution in [-0.2, 0) is 4.79 Å². The number of piperidine rings is 1. The van der Waals surface area contributed by atoms with Crippen LogP contribution in [0.3, 0.4) is 0 Å². The zero-order valence-corrected chi connectivity index (χ0v) is 15.0. The summed E-state index contributed by atoms with van der Waals surface area (Å²) in [5.41, 5.74) is 3.51. The fourth-order valence-corrected chi connectivity index (χ4v) is 2.93. The number of likely N-dealkylation sites (N-methyl/N-ethyl adjacent to an activating group) is 1. The molecule has 0 unspecified atom stereocenters.